The van der Waals surface area contributed by atoms with Crippen molar-refractivity contribution in [1.82, 2.24) is 0 Å². The van der Waals surface area contributed by atoms with E-state index in [4.69, 9.17) is 5.11 Å². The summed E-state index contributed by atoms with van der Waals surface area (Å²) in [5.74, 6) is 0.610. The summed E-state index contributed by atoms with van der Waals surface area (Å²) in [6.45, 7) is 8.24. The molecule has 0 aliphatic rings. The Labute approximate surface area is 63.8 Å². The summed E-state index contributed by atoms with van der Waals surface area (Å²) in [5, 5.41) is 8.94. The lowest BCUT2D eigenvalue weighted by Crippen LogP contribution is -1.98. The number of aliphatic hydroxyl groups is 1. The van der Waals surface area contributed by atoms with Gasteiger partial charge in [0.05, 0.1) is 6.10 Å². The maximum atomic E-state index is 8.94. The summed E-state index contributed by atoms with van der Waals surface area (Å²) < 4.78 is 0. The smallest absolute Gasteiger partial charge is 0.0546 e. The first kappa shape index (κ1) is 9.70. The molecule has 0 aromatic rings. The largest absolute Gasteiger partial charge is 0.393 e. The normalized spacial score (nSPS) is 16.0. The lowest BCUT2D eigenvalue weighted by molar-refractivity contribution is 0.198. The predicted molar refractivity (Wildman–Crippen MR) is 44.9 cm³/mol. The molecule has 0 saturated carbocycles. The monoisotopic (exact) mass is 142 g/mol. The Hall–Kier alpha value is -0.300. The van der Waals surface area contributed by atoms with E-state index in [9.17, 15) is 0 Å². The van der Waals surface area contributed by atoms with Crippen LogP contribution in [-0.4, -0.2) is 11.2 Å². The van der Waals surface area contributed by atoms with Crippen LogP contribution < -0.4 is 0 Å². The van der Waals surface area contributed by atoms with Crippen molar-refractivity contribution in [1.29, 1.82) is 0 Å². The van der Waals surface area contributed by atoms with Gasteiger partial charge in [-0.05, 0) is 26.2 Å². The molecule has 0 aromatic carbocycles. The quantitative estimate of drug-likeness (QED) is 0.600. The van der Waals surface area contributed by atoms with Crippen LogP contribution in [0.4, 0.5) is 0 Å². The summed E-state index contributed by atoms with van der Waals surface area (Å²) in [4.78, 5) is 0. The number of hydrogen-bond acceptors (Lipinski definition) is 1. The van der Waals surface area contributed by atoms with Gasteiger partial charge in [0.1, 0.15) is 0 Å². The molecule has 1 nitrogen and oxygen atoms in total. The number of hydrogen-bond donors (Lipinski definition) is 1. The zero-order chi connectivity index (χ0) is 8.15. The van der Waals surface area contributed by atoms with E-state index >= 15 is 0 Å². The minimum atomic E-state index is -0.200. The second-order valence-corrected chi connectivity index (χ2v) is 3.19. The van der Waals surface area contributed by atoms with Gasteiger partial charge in [-0.2, -0.15) is 0 Å². The number of aliphatic hydroxyl groups excluding tert-OH is 1. The molecular formula is C9H18O. The molecule has 0 saturated heterocycles. The van der Waals surface area contributed by atoms with E-state index in [-0.39, 0.29) is 6.10 Å². The maximum Gasteiger partial charge on any atom is 0.0546 e. The van der Waals surface area contributed by atoms with Crippen LogP contribution in [0.3, 0.4) is 0 Å². The fraction of sp³-hybridized carbons (Fsp3) is 0.778. The van der Waals surface area contributed by atoms with Crippen molar-refractivity contribution in [3.05, 3.63) is 11.6 Å². The van der Waals surface area contributed by atoms with Crippen molar-refractivity contribution >= 4 is 0 Å². The van der Waals surface area contributed by atoms with Crippen molar-refractivity contribution in [2.75, 3.05) is 0 Å². The van der Waals surface area contributed by atoms with Gasteiger partial charge in [-0.3, -0.25) is 0 Å². The van der Waals surface area contributed by atoms with Crippen LogP contribution in [0.1, 0.15) is 34.1 Å². The number of allylic oxidation sites excluding steroid dienone is 1. The van der Waals surface area contributed by atoms with Crippen LogP contribution in [0.25, 0.3) is 0 Å². The molecule has 0 amide bonds. The van der Waals surface area contributed by atoms with Gasteiger partial charge in [0.2, 0.25) is 0 Å². The van der Waals surface area contributed by atoms with Crippen molar-refractivity contribution < 1.29 is 5.11 Å². The van der Waals surface area contributed by atoms with E-state index in [1.807, 2.05) is 6.92 Å². The highest BCUT2D eigenvalue weighted by Gasteiger charge is 1.96. The molecule has 0 rings (SSSR count). The van der Waals surface area contributed by atoms with E-state index in [0.717, 1.165) is 6.42 Å². The SMILES string of the molecule is CC(=CCC(C)O)C(C)C. The predicted octanol–water partition coefficient (Wildman–Crippen LogP) is 2.36. The van der Waals surface area contributed by atoms with Gasteiger partial charge < -0.3 is 5.11 Å². The Kier molecular flexibility index (Phi) is 4.37. The summed E-state index contributed by atoms with van der Waals surface area (Å²) in [6, 6.07) is 0. The maximum absolute atomic E-state index is 8.94. The highest BCUT2D eigenvalue weighted by Crippen LogP contribution is 2.09. The summed E-state index contributed by atoms with van der Waals surface area (Å²) >= 11 is 0. The molecular weight excluding hydrogens is 124 g/mol. The Morgan fingerprint density at radius 1 is 1.40 bits per heavy atom. The van der Waals surface area contributed by atoms with Gasteiger partial charge in [-0.15, -0.1) is 0 Å². The third-order valence-electron chi connectivity index (χ3n) is 1.69. The lowest BCUT2D eigenvalue weighted by atomic mass is 10.0. The van der Waals surface area contributed by atoms with Crippen molar-refractivity contribution in [2.45, 2.75) is 40.2 Å². The molecule has 0 fully saturated rings. The summed E-state index contributed by atoms with van der Waals surface area (Å²) in [5.41, 5.74) is 1.36. The molecule has 0 heterocycles. The van der Waals surface area contributed by atoms with Crippen molar-refractivity contribution in [3.8, 4) is 0 Å². The molecule has 60 valence electrons. The van der Waals surface area contributed by atoms with Crippen LogP contribution >= 0.6 is 0 Å². The van der Waals surface area contributed by atoms with Gasteiger partial charge in [-0.1, -0.05) is 25.5 Å². The molecule has 1 unspecified atom stereocenters. The first-order valence-corrected chi connectivity index (χ1v) is 3.88. The van der Waals surface area contributed by atoms with Crippen LogP contribution in [0, 0.1) is 5.92 Å². The fourth-order valence-corrected chi connectivity index (χ4v) is 0.592. The zero-order valence-corrected chi connectivity index (χ0v) is 7.39. The topological polar surface area (TPSA) is 20.2 Å². The van der Waals surface area contributed by atoms with E-state index < -0.39 is 0 Å². The molecule has 0 aromatic heterocycles. The summed E-state index contributed by atoms with van der Waals surface area (Å²) in [6.07, 6.45) is 2.69. The second-order valence-electron chi connectivity index (χ2n) is 3.19. The Bertz CT molecular complexity index is 112. The van der Waals surface area contributed by atoms with E-state index in [0.29, 0.717) is 5.92 Å². The van der Waals surface area contributed by atoms with Gasteiger partial charge in [0, 0.05) is 0 Å². The molecule has 1 atom stereocenters. The first-order chi connectivity index (χ1) is 4.54. The standard InChI is InChI=1S/C9H18O/c1-7(2)8(3)5-6-9(4)10/h5,7,9-10H,6H2,1-4H3. The molecule has 0 spiro atoms. The Morgan fingerprint density at radius 3 is 2.20 bits per heavy atom. The van der Waals surface area contributed by atoms with Gasteiger partial charge in [-0.25, -0.2) is 0 Å². The third kappa shape index (κ3) is 4.57. The van der Waals surface area contributed by atoms with Crippen LogP contribution in [0.5, 0.6) is 0 Å². The van der Waals surface area contributed by atoms with E-state index in [1.165, 1.54) is 5.57 Å². The third-order valence-corrected chi connectivity index (χ3v) is 1.69. The molecule has 0 radical (unpaired) electrons. The van der Waals surface area contributed by atoms with Crippen LogP contribution in [-0.2, 0) is 0 Å². The minimum absolute atomic E-state index is 0.200. The average Bonchev–Trinajstić information content (AvgIpc) is 1.82. The highest BCUT2D eigenvalue weighted by molar-refractivity contribution is 5.00. The van der Waals surface area contributed by atoms with Gasteiger partial charge >= 0.3 is 0 Å². The van der Waals surface area contributed by atoms with Gasteiger partial charge in [0.15, 0.2) is 0 Å². The minimum Gasteiger partial charge on any atom is -0.393 e. The van der Waals surface area contributed by atoms with Crippen molar-refractivity contribution in [3.63, 3.8) is 0 Å². The van der Waals surface area contributed by atoms with Gasteiger partial charge in [0.25, 0.3) is 0 Å². The Morgan fingerprint density at radius 2 is 1.90 bits per heavy atom. The molecule has 1 heteroatoms. The highest BCUT2D eigenvalue weighted by atomic mass is 16.3. The number of rotatable bonds is 3. The second kappa shape index (κ2) is 4.51. The molecule has 0 bridgehead atoms. The van der Waals surface area contributed by atoms with Crippen LogP contribution in [0.15, 0.2) is 11.6 Å². The van der Waals surface area contributed by atoms with Crippen molar-refractivity contribution in [2.24, 2.45) is 5.92 Å². The van der Waals surface area contributed by atoms with Crippen LogP contribution in [0.2, 0.25) is 0 Å². The first-order valence-electron chi connectivity index (χ1n) is 3.88. The van der Waals surface area contributed by atoms with E-state index in [1.54, 1.807) is 0 Å². The zero-order valence-electron chi connectivity index (χ0n) is 7.39. The summed E-state index contributed by atoms with van der Waals surface area (Å²) in [7, 11) is 0. The van der Waals surface area contributed by atoms with E-state index in [2.05, 4.69) is 26.8 Å². The molecule has 0 aliphatic heterocycles. The molecule has 1 N–H and O–H groups in total. The Balaban J connectivity index is 3.69. The molecule has 0 aliphatic carbocycles. The fourth-order valence-electron chi connectivity index (χ4n) is 0.592. The average molecular weight is 142 g/mol. The molecule has 10 heavy (non-hydrogen) atoms. The lowest BCUT2D eigenvalue weighted by Gasteiger charge is -2.05.